The molecule has 0 saturated carbocycles. The predicted molar refractivity (Wildman–Crippen MR) is 74.3 cm³/mol. The minimum atomic E-state index is -0.441. The molecular weight excluding hydrogens is 321 g/mol. The quantitative estimate of drug-likeness (QED) is 0.846. The van der Waals surface area contributed by atoms with E-state index in [9.17, 15) is 4.39 Å². The number of halogens is 3. The van der Waals surface area contributed by atoms with Crippen LogP contribution >= 0.6 is 27.5 Å². The van der Waals surface area contributed by atoms with Gasteiger partial charge in [0.25, 0.3) is 0 Å². The van der Waals surface area contributed by atoms with E-state index in [2.05, 4.69) is 15.9 Å². The van der Waals surface area contributed by atoms with Crippen molar-refractivity contribution in [3.8, 4) is 5.75 Å². The average Bonchev–Trinajstić information content (AvgIpc) is 2.32. The number of benzene rings is 2. The Kier molecular flexibility index (Phi) is 4.09. The molecule has 2 aromatic rings. The van der Waals surface area contributed by atoms with E-state index < -0.39 is 5.82 Å². The van der Waals surface area contributed by atoms with Crippen molar-refractivity contribution in [2.45, 2.75) is 6.61 Å². The number of rotatable bonds is 3. The van der Waals surface area contributed by atoms with Crippen molar-refractivity contribution in [2.75, 3.05) is 5.73 Å². The molecule has 0 aliphatic carbocycles. The largest absolute Gasteiger partial charge is 0.487 e. The average molecular weight is 331 g/mol. The molecule has 0 amide bonds. The van der Waals surface area contributed by atoms with Gasteiger partial charge in [-0.3, -0.25) is 0 Å². The van der Waals surface area contributed by atoms with Gasteiger partial charge < -0.3 is 10.5 Å². The summed E-state index contributed by atoms with van der Waals surface area (Å²) in [6.45, 7) is 0.284. The Morgan fingerprint density at radius 2 is 2.00 bits per heavy atom. The van der Waals surface area contributed by atoms with Gasteiger partial charge in [-0.05, 0) is 35.9 Å². The third-order valence-electron chi connectivity index (χ3n) is 2.35. The molecule has 0 aliphatic rings. The fourth-order valence-corrected chi connectivity index (χ4v) is 2.02. The van der Waals surface area contributed by atoms with Crippen molar-refractivity contribution in [2.24, 2.45) is 0 Å². The Balaban J connectivity index is 2.09. The Bertz CT molecular complexity index is 577. The first-order chi connectivity index (χ1) is 8.56. The predicted octanol–water partition coefficient (Wildman–Crippen LogP) is 4.40. The molecule has 18 heavy (non-hydrogen) atoms. The first-order valence-corrected chi connectivity index (χ1v) is 6.35. The van der Waals surface area contributed by atoms with E-state index in [1.54, 1.807) is 18.2 Å². The minimum Gasteiger partial charge on any atom is -0.487 e. The van der Waals surface area contributed by atoms with Crippen LogP contribution < -0.4 is 10.5 Å². The highest BCUT2D eigenvalue weighted by atomic mass is 79.9. The van der Waals surface area contributed by atoms with Crippen molar-refractivity contribution in [3.05, 3.63) is 57.3 Å². The zero-order chi connectivity index (χ0) is 13.1. The standard InChI is InChI=1S/C13H10BrClFNO/c14-9-2-4-13(12(17)6-9)18-7-8-1-3-11(16)10(15)5-8/h1-6H,7,17H2. The summed E-state index contributed by atoms with van der Waals surface area (Å²) in [4.78, 5) is 0. The van der Waals surface area contributed by atoms with Crippen molar-refractivity contribution in [3.63, 3.8) is 0 Å². The van der Waals surface area contributed by atoms with Gasteiger partial charge in [-0.15, -0.1) is 0 Å². The van der Waals surface area contributed by atoms with Crippen LogP contribution in [0.25, 0.3) is 0 Å². The second kappa shape index (κ2) is 5.59. The van der Waals surface area contributed by atoms with Gasteiger partial charge in [-0.25, -0.2) is 4.39 Å². The summed E-state index contributed by atoms with van der Waals surface area (Å²) in [5.74, 6) is 0.141. The van der Waals surface area contributed by atoms with Crippen LogP contribution in [0.1, 0.15) is 5.56 Å². The SMILES string of the molecule is Nc1cc(Br)ccc1OCc1ccc(F)c(Cl)c1. The number of nitrogen functional groups attached to an aromatic ring is 1. The third kappa shape index (κ3) is 3.15. The van der Waals surface area contributed by atoms with E-state index in [4.69, 9.17) is 22.1 Å². The summed E-state index contributed by atoms with van der Waals surface area (Å²) >= 11 is 9.00. The molecule has 5 heteroatoms. The lowest BCUT2D eigenvalue weighted by Gasteiger charge is -2.09. The Hall–Kier alpha value is -1.26. The summed E-state index contributed by atoms with van der Waals surface area (Å²) in [5, 5.41) is 0.0832. The third-order valence-corrected chi connectivity index (χ3v) is 3.13. The normalized spacial score (nSPS) is 10.4. The molecule has 0 atom stereocenters. The van der Waals surface area contributed by atoms with Crippen LogP contribution in [0.2, 0.25) is 5.02 Å². The van der Waals surface area contributed by atoms with Gasteiger partial charge in [0.1, 0.15) is 18.2 Å². The van der Waals surface area contributed by atoms with Crippen LogP contribution in [-0.4, -0.2) is 0 Å². The number of ether oxygens (including phenoxy) is 1. The molecule has 0 heterocycles. The van der Waals surface area contributed by atoms with E-state index in [1.165, 1.54) is 12.1 Å². The monoisotopic (exact) mass is 329 g/mol. The molecule has 0 unspecified atom stereocenters. The van der Waals surface area contributed by atoms with Crippen LogP contribution in [0, 0.1) is 5.82 Å². The molecule has 2 N–H and O–H groups in total. The molecule has 0 bridgehead atoms. The van der Waals surface area contributed by atoms with E-state index >= 15 is 0 Å². The van der Waals surface area contributed by atoms with Gasteiger partial charge in [-0.1, -0.05) is 33.6 Å². The zero-order valence-corrected chi connectivity index (χ0v) is 11.6. The van der Waals surface area contributed by atoms with Gasteiger partial charge in [0, 0.05) is 4.47 Å². The zero-order valence-electron chi connectivity index (χ0n) is 9.29. The number of anilines is 1. The highest BCUT2D eigenvalue weighted by molar-refractivity contribution is 9.10. The summed E-state index contributed by atoms with van der Waals surface area (Å²) < 4.78 is 19.4. The van der Waals surface area contributed by atoms with Crippen molar-refractivity contribution < 1.29 is 9.13 Å². The van der Waals surface area contributed by atoms with Crippen molar-refractivity contribution in [1.82, 2.24) is 0 Å². The lowest BCUT2D eigenvalue weighted by Crippen LogP contribution is -1.99. The molecule has 2 aromatic carbocycles. The van der Waals surface area contributed by atoms with Crippen LogP contribution in [-0.2, 0) is 6.61 Å². The number of nitrogens with two attached hydrogens (primary N) is 1. The van der Waals surface area contributed by atoms with Gasteiger partial charge >= 0.3 is 0 Å². The van der Waals surface area contributed by atoms with Gasteiger partial charge in [-0.2, -0.15) is 0 Å². The summed E-state index contributed by atoms with van der Waals surface area (Å²) in [5.41, 5.74) is 7.12. The molecule has 0 fully saturated rings. The second-order valence-electron chi connectivity index (χ2n) is 3.72. The maximum atomic E-state index is 13.0. The van der Waals surface area contributed by atoms with Gasteiger partial charge in [0.05, 0.1) is 10.7 Å². The smallest absolute Gasteiger partial charge is 0.142 e. The molecule has 0 aliphatic heterocycles. The summed E-state index contributed by atoms with van der Waals surface area (Å²) in [6.07, 6.45) is 0. The van der Waals surface area contributed by atoms with Gasteiger partial charge in [0.2, 0.25) is 0 Å². The van der Waals surface area contributed by atoms with E-state index in [0.29, 0.717) is 11.4 Å². The van der Waals surface area contributed by atoms with Crippen LogP contribution in [0.4, 0.5) is 10.1 Å². The Morgan fingerprint density at radius 1 is 1.22 bits per heavy atom. The fraction of sp³-hybridized carbons (Fsp3) is 0.0769. The van der Waals surface area contributed by atoms with E-state index in [0.717, 1.165) is 10.0 Å². The molecule has 94 valence electrons. The van der Waals surface area contributed by atoms with Crippen LogP contribution in [0.15, 0.2) is 40.9 Å². The molecular formula is C13H10BrClFNO. The lowest BCUT2D eigenvalue weighted by molar-refractivity contribution is 0.308. The number of hydrogen-bond donors (Lipinski definition) is 1. The van der Waals surface area contributed by atoms with Crippen molar-refractivity contribution in [1.29, 1.82) is 0 Å². The maximum Gasteiger partial charge on any atom is 0.142 e. The Morgan fingerprint density at radius 3 is 2.67 bits per heavy atom. The molecule has 0 aromatic heterocycles. The molecule has 0 saturated heterocycles. The molecule has 0 radical (unpaired) electrons. The lowest BCUT2D eigenvalue weighted by atomic mass is 10.2. The maximum absolute atomic E-state index is 13.0. The van der Waals surface area contributed by atoms with Gasteiger partial charge in [0.15, 0.2) is 0 Å². The fourth-order valence-electron chi connectivity index (χ4n) is 1.44. The summed E-state index contributed by atoms with van der Waals surface area (Å²) in [7, 11) is 0. The highest BCUT2D eigenvalue weighted by Gasteiger charge is 2.04. The van der Waals surface area contributed by atoms with E-state index in [-0.39, 0.29) is 11.6 Å². The minimum absolute atomic E-state index is 0.0832. The van der Waals surface area contributed by atoms with E-state index in [1.807, 2.05) is 6.07 Å². The highest BCUT2D eigenvalue weighted by Crippen LogP contribution is 2.26. The van der Waals surface area contributed by atoms with Crippen LogP contribution in [0.5, 0.6) is 5.75 Å². The summed E-state index contributed by atoms with van der Waals surface area (Å²) in [6, 6.07) is 9.83. The second-order valence-corrected chi connectivity index (χ2v) is 5.04. The van der Waals surface area contributed by atoms with Crippen LogP contribution in [0.3, 0.4) is 0 Å². The first-order valence-electron chi connectivity index (χ1n) is 5.18. The number of hydrogen-bond acceptors (Lipinski definition) is 2. The van der Waals surface area contributed by atoms with Crippen molar-refractivity contribution >= 4 is 33.2 Å². The molecule has 0 spiro atoms. The molecule has 2 rings (SSSR count). The topological polar surface area (TPSA) is 35.2 Å². The Labute approximate surface area is 118 Å². The molecule has 2 nitrogen and oxygen atoms in total. The first kappa shape index (κ1) is 13.2.